The monoisotopic (exact) mass is 386 g/mol. The molecular formula is C19H12ClFN2O2S. The van der Waals surface area contributed by atoms with Gasteiger partial charge in [0.1, 0.15) is 5.82 Å². The number of hydrogen-bond donors (Lipinski definition) is 1. The van der Waals surface area contributed by atoms with Crippen molar-refractivity contribution in [1.82, 2.24) is 9.38 Å². The van der Waals surface area contributed by atoms with Crippen molar-refractivity contribution < 1.29 is 14.3 Å². The first-order valence-corrected chi connectivity index (χ1v) is 8.95. The number of nitrogens with zero attached hydrogens (tertiary/aromatic N) is 2. The van der Waals surface area contributed by atoms with Crippen molar-refractivity contribution in [3.63, 3.8) is 0 Å². The van der Waals surface area contributed by atoms with Gasteiger partial charge in [0.05, 0.1) is 17.8 Å². The average molecular weight is 387 g/mol. The fourth-order valence-corrected chi connectivity index (χ4v) is 4.05. The van der Waals surface area contributed by atoms with Gasteiger partial charge in [-0.1, -0.05) is 23.7 Å². The fourth-order valence-electron chi connectivity index (χ4n) is 2.81. The van der Waals surface area contributed by atoms with Crippen LogP contribution in [0.4, 0.5) is 4.39 Å². The highest BCUT2D eigenvalue weighted by Crippen LogP contribution is 2.34. The Morgan fingerprint density at radius 2 is 1.77 bits per heavy atom. The van der Waals surface area contributed by atoms with Gasteiger partial charge in [-0.2, -0.15) is 0 Å². The van der Waals surface area contributed by atoms with Crippen molar-refractivity contribution in [2.75, 3.05) is 0 Å². The highest BCUT2D eigenvalue weighted by atomic mass is 35.5. The maximum atomic E-state index is 13.3. The zero-order valence-corrected chi connectivity index (χ0v) is 14.9. The van der Waals surface area contributed by atoms with E-state index in [1.165, 1.54) is 23.5 Å². The molecule has 26 heavy (non-hydrogen) atoms. The molecule has 0 saturated carbocycles. The molecule has 4 rings (SSSR count). The maximum absolute atomic E-state index is 13.3. The lowest BCUT2D eigenvalue weighted by molar-refractivity contribution is -0.136. The van der Waals surface area contributed by atoms with Crippen molar-refractivity contribution in [2.45, 2.75) is 6.42 Å². The van der Waals surface area contributed by atoms with Crippen molar-refractivity contribution in [3.8, 4) is 22.5 Å². The van der Waals surface area contributed by atoms with Crippen molar-refractivity contribution >= 4 is 33.9 Å². The summed E-state index contributed by atoms with van der Waals surface area (Å²) in [6.45, 7) is 0. The third kappa shape index (κ3) is 3.09. The summed E-state index contributed by atoms with van der Waals surface area (Å²) in [5.74, 6) is -1.26. The number of benzene rings is 2. The summed E-state index contributed by atoms with van der Waals surface area (Å²) in [6, 6.07) is 13.4. The molecule has 130 valence electrons. The van der Waals surface area contributed by atoms with E-state index in [-0.39, 0.29) is 12.2 Å². The molecule has 0 aliphatic heterocycles. The van der Waals surface area contributed by atoms with Gasteiger partial charge in [-0.05, 0) is 42.0 Å². The molecule has 2 heterocycles. The number of carboxylic acids is 1. The second kappa shape index (κ2) is 6.55. The highest BCUT2D eigenvalue weighted by molar-refractivity contribution is 7.17. The summed E-state index contributed by atoms with van der Waals surface area (Å²) >= 11 is 7.26. The first-order valence-electron chi connectivity index (χ1n) is 7.76. The highest BCUT2D eigenvalue weighted by Gasteiger charge is 2.19. The number of hydrogen-bond acceptors (Lipinski definition) is 3. The Balaban J connectivity index is 1.89. The normalized spacial score (nSPS) is 11.2. The van der Waals surface area contributed by atoms with E-state index < -0.39 is 5.97 Å². The Morgan fingerprint density at radius 3 is 2.42 bits per heavy atom. The smallest absolute Gasteiger partial charge is 0.308 e. The molecule has 7 heteroatoms. The topological polar surface area (TPSA) is 54.6 Å². The predicted molar refractivity (Wildman–Crippen MR) is 100 cm³/mol. The quantitative estimate of drug-likeness (QED) is 0.527. The molecule has 4 nitrogen and oxygen atoms in total. The average Bonchev–Trinajstić information content (AvgIpc) is 3.13. The molecule has 2 aromatic heterocycles. The first kappa shape index (κ1) is 16.8. The van der Waals surface area contributed by atoms with Crippen LogP contribution in [0.1, 0.15) is 4.88 Å². The standard InChI is InChI=1S/C19H12ClFN2O2S/c20-13-5-1-11(2-6-13)15-10-23-18(12-3-7-14(21)8-4-12)16(9-17(24)25)26-19(23)22-15/h1-8,10H,9H2,(H,24,25). The van der Waals surface area contributed by atoms with Gasteiger partial charge >= 0.3 is 5.97 Å². The summed E-state index contributed by atoms with van der Waals surface area (Å²) < 4.78 is 15.2. The van der Waals surface area contributed by atoms with Crippen LogP contribution in [-0.2, 0) is 11.2 Å². The molecule has 0 bridgehead atoms. The Kier molecular flexibility index (Phi) is 4.22. The number of carboxylic acid groups (broad SMARTS) is 1. The Bertz CT molecular complexity index is 1100. The number of halogens is 2. The fraction of sp³-hybridized carbons (Fsp3) is 0.0526. The molecule has 0 aliphatic carbocycles. The van der Waals surface area contributed by atoms with Crippen LogP contribution < -0.4 is 0 Å². The van der Waals surface area contributed by atoms with Gasteiger partial charge in [-0.3, -0.25) is 9.20 Å². The largest absolute Gasteiger partial charge is 0.481 e. The van der Waals surface area contributed by atoms with Crippen LogP contribution in [0, 0.1) is 5.82 Å². The minimum absolute atomic E-state index is 0.114. The van der Waals surface area contributed by atoms with Gasteiger partial charge < -0.3 is 5.11 Å². The second-order valence-corrected chi connectivity index (χ2v) is 7.24. The molecule has 1 N–H and O–H groups in total. The molecule has 0 atom stereocenters. The van der Waals surface area contributed by atoms with Crippen molar-refractivity contribution in [2.24, 2.45) is 0 Å². The van der Waals surface area contributed by atoms with Crippen LogP contribution in [-0.4, -0.2) is 20.5 Å². The molecule has 4 aromatic rings. The van der Waals surface area contributed by atoms with E-state index in [4.69, 9.17) is 11.6 Å². The lowest BCUT2D eigenvalue weighted by Crippen LogP contribution is -2.00. The van der Waals surface area contributed by atoms with Gasteiger partial charge in [-0.25, -0.2) is 9.37 Å². The summed E-state index contributed by atoms with van der Waals surface area (Å²) in [4.78, 5) is 17.2. The molecule has 0 amide bonds. The third-order valence-corrected chi connectivity index (χ3v) is 5.27. The molecular weight excluding hydrogens is 375 g/mol. The van der Waals surface area contributed by atoms with Gasteiger partial charge in [0, 0.05) is 21.7 Å². The molecule has 0 aliphatic rings. The minimum atomic E-state index is -0.921. The lowest BCUT2D eigenvalue weighted by atomic mass is 10.1. The molecule has 0 radical (unpaired) electrons. The molecule has 0 fully saturated rings. The number of fused-ring (bicyclic) bond motifs is 1. The number of thiazole rings is 1. The second-order valence-electron chi connectivity index (χ2n) is 5.74. The van der Waals surface area contributed by atoms with Gasteiger partial charge in [0.15, 0.2) is 4.96 Å². The summed E-state index contributed by atoms with van der Waals surface area (Å²) in [5.41, 5.74) is 3.14. The molecule has 0 spiro atoms. The van der Waals surface area contributed by atoms with Gasteiger partial charge in [-0.15, -0.1) is 11.3 Å². The van der Waals surface area contributed by atoms with Crippen LogP contribution in [0.2, 0.25) is 5.02 Å². The van der Waals surface area contributed by atoms with E-state index in [0.717, 1.165) is 22.5 Å². The van der Waals surface area contributed by atoms with E-state index in [1.54, 1.807) is 24.3 Å². The van der Waals surface area contributed by atoms with Crippen molar-refractivity contribution in [3.05, 3.63) is 70.4 Å². The number of aromatic nitrogens is 2. The number of aliphatic carboxylic acids is 1. The third-order valence-electron chi connectivity index (χ3n) is 3.96. The first-order chi connectivity index (χ1) is 12.5. The lowest BCUT2D eigenvalue weighted by Gasteiger charge is -2.04. The van der Waals surface area contributed by atoms with Crippen LogP contribution in [0.25, 0.3) is 27.5 Å². The van der Waals surface area contributed by atoms with Crippen LogP contribution >= 0.6 is 22.9 Å². The predicted octanol–water partition coefficient (Wildman–Crippen LogP) is 5.15. The number of rotatable bonds is 4. The van der Waals surface area contributed by atoms with Gasteiger partial charge in [0.2, 0.25) is 0 Å². The Hall–Kier alpha value is -2.70. The van der Waals surface area contributed by atoms with E-state index in [1.807, 2.05) is 22.7 Å². The van der Waals surface area contributed by atoms with E-state index in [9.17, 15) is 14.3 Å². The molecule has 0 unspecified atom stereocenters. The van der Waals surface area contributed by atoms with E-state index >= 15 is 0 Å². The van der Waals surface area contributed by atoms with Crippen LogP contribution in [0.3, 0.4) is 0 Å². The summed E-state index contributed by atoms with van der Waals surface area (Å²) in [6.07, 6.45) is 1.75. The maximum Gasteiger partial charge on any atom is 0.308 e. The zero-order valence-electron chi connectivity index (χ0n) is 13.3. The number of carbonyl (C=O) groups is 1. The molecule has 2 aromatic carbocycles. The summed E-state index contributed by atoms with van der Waals surface area (Å²) in [5, 5.41) is 9.85. The molecule has 0 saturated heterocycles. The van der Waals surface area contributed by atoms with Crippen LogP contribution in [0.5, 0.6) is 0 Å². The van der Waals surface area contributed by atoms with Crippen LogP contribution in [0.15, 0.2) is 54.7 Å². The van der Waals surface area contributed by atoms with Gasteiger partial charge in [0.25, 0.3) is 0 Å². The van der Waals surface area contributed by atoms with E-state index in [2.05, 4.69) is 4.98 Å². The van der Waals surface area contributed by atoms with Crippen molar-refractivity contribution in [1.29, 1.82) is 0 Å². The zero-order chi connectivity index (χ0) is 18.3. The Morgan fingerprint density at radius 1 is 1.12 bits per heavy atom. The van der Waals surface area contributed by atoms with E-state index in [0.29, 0.717) is 14.9 Å². The minimum Gasteiger partial charge on any atom is -0.481 e. The SMILES string of the molecule is O=C(O)Cc1sc2nc(-c3ccc(Cl)cc3)cn2c1-c1ccc(F)cc1. The number of imidazole rings is 1. The Labute approximate surface area is 157 Å². The summed E-state index contributed by atoms with van der Waals surface area (Å²) in [7, 11) is 0.